The number of hydrogen-bond donors (Lipinski definition) is 2. The quantitative estimate of drug-likeness (QED) is 0.733. The van der Waals surface area contributed by atoms with Crippen LogP contribution in [0.5, 0.6) is 0 Å². The second-order valence-electron chi connectivity index (χ2n) is 5.33. The molecule has 3 atom stereocenters. The van der Waals surface area contributed by atoms with Crippen LogP contribution >= 0.6 is 0 Å². The van der Waals surface area contributed by atoms with E-state index in [1.54, 1.807) is 0 Å². The lowest BCUT2D eigenvalue weighted by Gasteiger charge is -2.40. The summed E-state index contributed by atoms with van der Waals surface area (Å²) in [5, 5.41) is 0. The molecule has 0 aromatic rings. The smallest absolute Gasteiger partial charge is 0.0975 e. The second-order valence-corrected chi connectivity index (χ2v) is 7.30. The molecule has 0 aromatic heterocycles. The fraction of sp³-hybridized carbons (Fsp3) is 1.00. The first-order valence-corrected chi connectivity index (χ1v) is 6.44. The first kappa shape index (κ1) is 13.1. The van der Waals surface area contributed by atoms with E-state index in [9.17, 15) is 4.21 Å². The van der Waals surface area contributed by atoms with Gasteiger partial charge in [-0.2, -0.15) is 0 Å². The van der Waals surface area contributed by atoms with Crippen LogP contribution < -0.4 is 10.5 Å². The van der Waals surface area contributed by atoms with E-state index in [1.807, 2.05) is 27.7 Å². The minimum absolute atomic E-state index is 0.0995. The van der Waals surface area contributed by atoms with Gasteiger partial charge in [-0.1, -0.05) is 0 Å². The summed E-state index contributed by atoms with van der Waals surface area (Å²) in [6, 6.07) is -0.0995. The molecule has 1 aliphatic rings. The molecule has 3 N–H and O–H groups in total. The average Bonchev–Trinajstić information content (AvgIpc) is 2.09. The topological polar surface area (TPSA) is 64.3 Å². The molecule has 0 radical (unpaired) electrons. The van der Waals surface area contributed by atoms with Crippen molar-refractivity contribution >= 4 is 11.0 Å². The van der Waals surface area contributed by atoms with Crippen LogP contribution in [0.1, 0.15) is 34.1 Å². The molecule has 0 saturated carbocycles. The Bertz CT molecular complexity index is 252. The SMILES string of the molecule is CC(C)(C)[S@](=O)N[C@]1(C)CCOC[C@@H]1N. The summed E-state index contributed by atoms with van der Waals surface area (Å²) in [6.07, 6.45) is 0.802. The molecule has 0 aromatic carbocycles. The van der Waals surface area contributed by atoms with E-state index in [-0.39, 0.29) is 16.3 Å². The summed E-state index contributed by atoms with van der Waals surface area (Å²) in [6.45, 7) is 9.08. The zero-order valence-electron chi connectivity index (χ0n) is 10.0. The number of nitrogens with two attached hydrogens (primary N) is 1. The first-order valence-electron chi connectivity index (χ1n) is 5.29. The number of hydrogen-bond acceptors (Lipinski definition) is 3. The summed E-state index contributed by atoms with van der Waals surface area (Å²) in [5.41, 5.74) is 5.70. The molecule has 1 fully saturated rings. The van der Waals surface area contributed by atoms with Crippen molar-refractivity contribution in [1.82, 2.24) is 4.72 Å². The number of rotatable bonds is 2. The van der Waals surface area contributed by atoms with Crippen LogP contribution in [-0.4, -0.2) is 33.8 Å². The zero-order chi connectivity index (χ0) is 11.7. The molecule has 90 valence electrons. The monoisotopic (exact) mass is 234 g/mol. The molecule has 5 heteroatoms. The summed E-state index contributed by atoms with van der Waals surface area (Å²) < 4.78 is 20.2. The van der Waals surface area contributed by atoms with Crippen LogP contribution in [0.4, 0.5) is 0 Å². The van der Waals surface area contributed by atoms with Gasteiger partial charge in [0.2, 0.25) is 0 Å². The van der Waals surface area contributed by atoms with Crippen molar-refractivity contribution < 1.29 is 8.95 Å². The van der Waals surface area contributed by atoms with Gasteiger partial charge >= 0.3 is 0 Å². The van der Waals surface area contributed by atoms with Crippen LogP contribution in [0.3, 0.4) is 0 Å². The predicted molar refractivity (Wildman–Crippen MR) is 62.8 cm³/mol. The lowest BCUT2D eigenvalue weighted by molar-refractivity contribution is 0.0361. The van der Waals surface area contributed by atoms with Crippen molar-refractivity contribution in [1.29, 1.82) is 0 Å². The minimum atomic E-state index is -1.08. The maximum absolute atomic E-state index is 12.0. The molecule has 0 amide bonds. The lowest BCUT2D eigenvalue weighted by atomic mass is 9.89. The summed E-state index contributed by atoms with van der Waals surface area (Å²) in [4.78, 5) is 0. The molecule has 1 aliphatic heterocycles. The lowest BCUT2D eigenvalue weighted by Crippen LogP contribution is -2.62. The average molecular weight is 234 g/mol. The van der Waals surface area contributed by atoms with Gasteiger partial charge in [-0.3, -0.25) is 0 Å². The zero-order valence-corrected chi connectivity index (χ0v) is 10.8. The molecular formula is C10H22N2O2S. The summed E-state index contributed by atoms with van der Waals surface area (Å²) in [5.74, 6) is 0. The van der Waals surface area contributed by atoms with Crippen molar-refractivity contribution in [2.24, 2.45) is 5.73 Å². The van der Waals surface area contributed by atoms with Gasteiger partial charge in [0.15, 0.2) is 0 Å². The highest BCUT2D eigenvalue weighted by Gasteiger charge is 2.38. The molecule has 4 nitrogen and oxygen atoms in total. The highest BCUT2D eigenvalue weighted by molar-refractivity contribution is 7.84. The second kappa shape index (κ2) is 4.49. The predicted octanol–water partition coefficient (Wildman–Crippen LogP) is 0.545. The molecule has 1 rings (SSSR count). The van der Waals surface area contributed by atoms with Gasteiger partial charge in [0.25, 0.3) is 0 Å². The Morgan fingerprint density at radius 1 is 1.53 bits per heavy atom. The Balaban J connectivity index is 2.66. The van der Waals surface area contributed by atoms with Crippen LogP contribution in [0.2, 0.25) is 0 Å². The van der Waals surface area contributed by atoms with Gasteiger partial charge in [-0.25, -0.2) is 8.93 Å². The van der Waals surface area contributed by atoms with Crippen molar-refractivity contribution in [3.8, 4) is 0 Å². The summed E-state index contributed by atoms with van der Waals surface area (Å²) >= 11 is 0. The van der Waals surface area contributed by atoms with E-state index in [0.29, 0.717) is 13.2 Å². The van der Waals surface area contributed by atoms with E-state index >= 15 is 0 Å². The number of nitrogens with one attached hydrogen (secondary N) is 1. The molecule has 0 bridgehead atoms. The van der Waals surface area contributed by atoms with Crippen molar-refractivity contribution in [2.45, 2.75) is 50.4 Å². The van der Waals surface area contributed by atoms with Gasteiger partial charge in [0.05, 0.1) is 22.3 Å². The third kappa shape index (κ3) is 3.24. The van der Waals surface area contributed by atoms with Crippen LogP contribution in [-0.2, 0) is 15.7 Å². The molecule has 0 spiro atoms. The van der Waals surface area contributed by atoms with Gasteiger partial charge in [-0.15, -0.1) is 0 Å². The van der Waals surface area contributed by atoms with Gasteiger partial charge < -0.3 is 10.5 Å². The molecule has 1 heterocycles. The van der Waals surface area contributed by atoms with Crippen molar-refractivity contribution in [2.75, 3.05) is 13.2 Å². The Kier molecular flexibility index (Phi) is 3.92. The van der Waals surface area contributed by atoms with E-state index < -0.39 is 11.0 Å². The maximum atomic E-state index is 12.0. The molecule has 0 aliphatic carbocycles. The van der Waals surface area contributed by atoms with Crippen molar-refractivity contribution in [3.05, 3.63) is 0 Å². The Hall–Kier alpha value is 0.0300. The Morgan fingerprint density at radius 2 is 2.13 bits per heavy atom. The third-order valence-corrected chi connectivity index (χ3v) is 4.53. The fourth-order valence-corrected chi connectivity index (χ4v) is 2.34. The molecule has 0 unspecified atom stereocenters. The van der Waals surface area contributed by atoms with Crippen LogP contribution in [0.25, 0.3) is 0 Å². The number of ether oxygens (including phenoxy) is 1. The third-order valence-electron chi connectivity index (χ3n) is 2.76. The summed E-state index contributed by atoms with van der Waals surface area (Å²) in [7, 11) is -1.08. The van der Waals surface area contributed by atoms with Crippen LogP contribution in [0.15, 0.2) is 0 Å². The maximum Gasteiger partial charge on any atom is 0.0975 e. The van der Waals surface area contributed by atoms with E-state index in [4.69, 9.17) is 10.5 Å². The highest BCUT2D eigenvalue weighted by Crippen LogP contribution is 2.22. The van der Waals surface area contributed by atoms with Gasteiger partial charge in [0, 0.05) is 18.2 Å². The molecular weight excluding hydrogens is 212 g/mol. The first-order chi connectivity index (χ1) is 6.76. The van der Waals surface area contributed by atoms with Crippen molar-refractivity contribution in [3.63, 3.8) is 0 Å². The minimum Gasteiger partial charge on any atom is -0.380 e. The highest BCUT2D eigenvalue weighted by atomic mass is 32.2. The van der Waals surface area contributed by atoms with Gasteiger partial charge in [-0.05, 0) is 34.1 Å². The molecule has 1 saturated heterocycles. The fourth-order valence-electron chi connectivity index (χ4n) is 1.36. The Morgan fingerprint density at radius 3 is 2.60 bits per heavy atom. The standard InChI is InChI=1S/C10H22N2O2S/c1-9(2,3)15(13)12-10(4)5-6-14-7-8(10)11/h8,12H,5-7,11H2,1-4H3/t8-,10+,15-/m0/s1. The Labute approximate surface area is 94.5 Å². The van der Waals surface area contributed by atoms with Crippen LogP contribution in [0, 0.1) is 0 Å². The van der Waals surface area contributed by atoms with E-state index in [0.717, 1.165) is 6.42 Å². The van der Waals surface area contributed by atoms with Gasteiger partial charge in [0.1, 0.15) is 0 Å². The normalized spacial score (nSPS) is 35.1. The molecule has 15 heavy (non-hydrogen) atoms. The van der Waals surface area contributed by atoms with E-state index in [2.05, 4.69) is 4.72 Å². The largest absolute Gasteiger partial charge is 0.380 e. The van der Waals surface area contributed by atoms with E-state index in [1.165, 1.54) is 0 Å².